The minimum Gasteiger partial charge on any atom is -0.481 e. The average molecular weight is 357 g/mol. The molecule has 1 heterocycles. The number of rotatable bonds is 6. The van der Waals surface area contributed by atoms with Gasteiger partial charge in [0.2, 0.25) is 5.76 Å². The molecule has 0 atom stereocenters. The highest BCUT2D eigenvalue weighted by Gasteiger charge is 2.23. The number of ether oxygens (including phenoxy) is 2. The Morgan fingerprint density at radius 3 is 2.62 bits per heavy atom. The van der Waals surface area contributed by atoms with E-state index in [2.05, 4.69) is 5.32 Å². The van der Waals surface area contributed by atoms with Crippen LogP contribution in [0.5, 0.6) is 5.75 Å². The number of esters is 1. The summed E-state index contributed by atoms with van der Waals surface area (Å²) in [7, 11) is 0. The highest BCUT2D eigenvalue weighted by Crippen LogP contribution is 2.31. The van der Waals surface area contributed by atoms with Crippen LogP contribution in [0.1, 0.15) is 17.5 Å². The molecule has 0 aliphatic carbocycles. The summed E-state index contributed by atoms with van der Waals surface area (Å²) in [4.78, 5) is 24.3. The summed E-state index contributed by atoms with van der Waals surface area (Å²) in [5, 5.41) is 3.13. The fraction of sp³-hybridized carbons (Fsp3) is 0.158. The third-order valence-corrected chi connectivity index (χ3v) is 3.52. The molecule has 2 aromatic carbocycles. The first-order chi connectivity index (χ1) is 12.6. The average Bonchev–Trinajstić information content (AvgIpc) is 3.00. The second-order valence-corrected chi connectivity index (χ2v) is 5.29. The van der Waals surface area contributed by atoms with Gasteiger partial charge in [-0.05, 0) is 31.2 Å². The van der Waals surface area contributed by atoms with Crippen LogP contribution in [0, 0.1) is 5.82 Å². The van der Waals surface area contributed by atoms with Crippen LogP contribution in [0.25, 0.3) is 11.0 Å². The molecule has 6 nitrogen and oxygen atoms in total. The lowest BCUT2D eigenvalue weighted by atomic mass is 10.2. The van der Waals surface area contributed by atoms with Gasteiger partial charge in [-0.1, -0.05) is 24.3 Å². The van der Waals surface area contributed by atoms with Crippen molar-refractivity contribution < 1.29 is 27.9 Å². The minimum absolute atomic E-state index is 0.0367. The van der Waals surface area contributed by atoms with Gasteiger partial charge in [0.05, 0.1) is 6.61 Å². The second kappa shape index (κ2) is 7.69. The number of furan rings is 1. The van der Waals surface area contributed by atoms with Crippen LogP contribution in [-0.4, -0.2) is 25.1 Å². The smallest absolute Gasteiger partial charge is 0.376 e. The van der Waals surface area contributed by atoms with E-state index in [-0.39, 0.29) is 23.8 Å². The van der Waals surface area contributed by atoms with Crippen LogP contribution < -0.4 is 10.1 Å². The van der Waals surface area contributed by atoms with Gasteiger partial charge in [-0.3, -0.25) is 4.79 Å². The predicted octanol–water partition coefficient (Wildman–Crippen LogP) is 3.77. The summed E-state index contributed by atoms with van der Waals surface area (Å²) in [6.45, 7) is 1.41. The van der Waals surface area contributed by atoms with Crippen molar-refractivity contribution in [2.24, 2.45) is 0 Å². The van der Waals surface area contributed by atoms with Crippen molar-refractivity contribution in [3.8, 4) is 5.75 Å². The zero-order valence-electron chi connectivity index (χ0n) is 14.0. The summed E-state index contributed by atoms with van der Waals surface area (Å²) >= 11 is 0. The lowest BCUT2D eigenvalue weighted by Gasteiger charge is -2.08. The number of hydrogen-bond donors (Lipinski definition) is 1. The minimum atomic E-state index is -0.686. The number of halogens is 1. The van der Waals surface area contributed by atoms with Gasteiger partial charge < -0.3 is 19.2 Å². The van der Waals surface area contributed by atoms with Crippen LogP contribution in [0.3, 0.4) is 0 Å². The van der Waals surface area contributed by atoms with E-state index in [1.165, 1.54) is 18.2 Å². The molecule has 0 aliphatic heterocycles. The van der Waals surface area contributed by atoms with Crippen molar-refractivity contribution in [3.63, 3.8) is 0 Å². The van der Waals surface area contributed by atoms with Gasteiger partial charge in [0.1, 0.15) is 11.3 Å². The van der Waals surface area contributed by atoms with Gasteiger partial charge >= 0.3 is 5.97 Å². The summed E-state index contributed by atoms with van der Waals surface area (Å²) < 4.78 is 29.2. The van der Waals surface area contributed by atoms with Crippen LogP contribution in [0.2, 0.25) is 0 Å². The van der Waals surface area contributed by atoms with Crippen molar-refractivity contribution in [3.05, 3.63) is 60.1 Å². The van der Waals surface area contributed by atoms with Crippen LogP contribution >= 0.6 is 0 Å². The standard InChI is InChI=1S/C19H16FNO5/c1-2-24-19(23)18-17(12-7-3-5-9-14(12)26-18)21-16(22)11-25-15-10-6-4-8-13(15)20/h3-10H,2,11H2,1H3,(H,21,22). The van der Waals surface area contributed by atoms with Crippen molar-refractivity contribution in [2.75, 3.05) is 18.5 Å². The first-order valence-electron chi connectivity index (χ1n) is 7.96. The Hall–Kier alpha value is -3.35. The molecule has 1 amide bonds. The first-order valence-corrected chi connectivity index (χ1v) is 7.96. The molecule has 0 radical (unpaired) electrons. The predicted molar refractivity (Wildman–Crippen MR) is 92.7 cm³/mol. The van der Waals surface area contributed by atoms with Gasteiger partial charge in [0.15, 0.2) is 18.2 Å². The molecule has 0 saturated heterocycles. The van der Waals surface area contributed by atoms with E-state index in [9.17, 15) is 14.0 Å². The summed E-state index contributed by atoms with van der Waals surface area (Å²) in [5.41, 5.74) is 0.627. The van der Waals surface area contributed by atoms with E-state index in [0.717, 1.165) is 0 Å². The monoisotopic (exact) mass is 357 g/mol. The van der Waals surface area contributed by atoms with Crippen LogP contribution in [-0.2, 0) is 9.53 Å². The molecule has 134 valence electrons. The Bertz CT molecular complexity index is 950. The summed E-state index contributed by atoms with van der Waals surface area (Å²) in [6.07, 6.45) is 0. The molecule has 7 heteroatoms. The maximum absolute atomic E-state index is 13.5. The number of benzene rings is 2. The Labute approximate surface area is 148 Å². The van der Waals surface area contributed by atoms with Gasteiger partial charge in [-0.2, -0.15) is 0 Å². The van der Waals surface area contributed by atoms with Gasteiger partial charge in [0, 0.05) is 5.39 Å². The van der Waals surface area contributed by atoms with Crippen LogP contribution in [0.4, 0.5) is 10.1 Å². The molecule has 0 saturated carbocycles. The molecule has 0 aliphatic rings. The zero-order chi connectivity index (χ0) is 18.5. The summed E-state index contributed by atoms with van der Waals surface area (Å²) in [6, 6.07) is 12.6. The van der Waals surface area contributed by atoms with Crippen molar-refractivity contribution in [1.29, 1.82) is 0 Å². The highest BCUT2D eigenvalue weighted by molar-refractivity contribution is 6.09. The number of para-hydroxylation sites is 2. The number of carbonyl (C=O) groups is 2. The molecular formula is C19H16FNO5. The molecule has 3 rings (SSSR count). The first kappa shape index (κ1) is 17.5. The Morgan fingerprint density at radius 1 is 1.12 bits per heavy atom. The molecule has 26 heavy (non-hydrogen) atoms. The fourth-order valence-electron chi connectivity index (χ4n) is 2.39. The molecule has 0 fully saturated rings. The Kier molecular flexibility index (Phi) is 5.17. The van der Waals surface area contributed by atoms with Gasteiger partial charge in [-0.25, -0.2) is 9.18 Å². The number of fused-ring (bicyclic) bond motifs is 1. The quantitative estimate of drug-likeness (QED) is 0.680. The van der Waals surface area contributed by atoms with E-state index in [4.69, 9.17) is 13.9 Å². The molecule has 3 aromatic rings. The number of nitrogens with one attached hydrogen (secondary N) is 1. The Morgan fingerprint density at radius 2 is 1.85 bits per heavy atom. The lowest BCUT2D eigenvalue weighted by molar-refractivity contribution is -0.118. The SMILES string of the molecule is CCOC(=O)c1oc2ccccc2c1NC(=O)COc1ccccc1F. The lowest BCUT2D eigenvalue weighted by Crippen LogP contribution is -2.21. The maximum atomic E-state index is 13.5. The summed E-state index contributed by atoms with van der Waals surface area (Å²) in [5.74, 6) is -1.96. The number of hydrogen-bond acceptors (Lipinski definition) is 5. The molecule has 0 spiro atoms. The van der Waals surface area contributed by atoms with Gasteiger partial charge in [0.25, 0.3) is 5.91 Å². The highest BCUT2D eigenvalue weighted by atomic mass is 19.1. The molecule has 1 N–H and O–H groups in total. The fourth-order valence-corrected chi connectivity index (χ4v) is 2.39. The van der Waals surface area contributed by atoms with Crippen LogP contribution in [0.15, 0.2) is 52.9 Å². The third kappa shape index (κ3) is 3.66. The molecule has 0 bridgehead atoms. The molecular weight excluding hydrogens is 341 g/mol. The second-order valence-electron chi connectivity index (χ2n) is 5.29. The number of carbonyl (C=O) groups excluding carboxylic acids is 2. The van der Waals surface area contributed by atoms with Gasteiger partial charge in [-0.15, -0.1) is 0 Å². The van der Waals surface area contributed by atoms with Crippen molar-refractivity contribution in [2.45, 2.75) is 6.92 Å². The number of anilines is 1. The topological polar surface area (TPSA) is 77.8 Å². The van der Waals surface area contributed by atoms with E-state index in [0.29, 0.717) is 11.0 Å². The third-order valence-electron chi connectivity index (χ3n) is 3.52. The zero-order valence-corrected chi connectivity index (χ0v) is 14.0. The molecule has 1 aromatic heterocycles. The van der Waals surface area contributed by atoms with E-state index in [1.54, 1.807) is 37.3 Å². The number of amides is 1. The van der Waals surface area contributed by atoms with E-state index >= 15 is 0 Å². The maximum Gasteiger partial charge on any atom is 0.376 e. The Balaban J connectivity index is 1.80. The van der Waals surface area contributed by atoms with Crippen molar-refractivity contribution >= 4 is 28.5 Å². The van der Waals surface area contributed by atoms with E-state index < -0.39 is 24.3 Å². The normalized spacial score (nSPS) is 10.5. The molecule has 0 unspecified atom stereocenters. The van der Waals surface area contributed by atoms with E-state index in [1.807, 2.05) is 0 Å². The van der Waals surface area contributed by atoms with Crippen molar-refractivity contribution in [1.82, 2.24) is 0 Å². The largest absolute Gasteiger partial charge is 0.481 e.